The Balaban J connectivity index is 1.77. The Bertz CT molecular complexity index is 632. The lowest BCUT2D eigenvalue weighted by atomic mass is 10.0. The predicted molar refractivity (Wildman–Crippen MR) is 92.1 cm³/mol. The van der Waals surface area contributed by atoms with Crippen molar-refractivity contribution in [2.24, 2.45) is 0 Å². The van der Waals surface area contributed by atoms with Crippen molar-refractivity contribution < 1.29 is 4.74 Å². The maximum absolute atomic E-state index is 6.12. The van der Waals surface area contributed by atoms with E-state index in [9.17, 15) is 0 Å². The molecule has 1 aliphatic heterocycles. The number of nitrogens with one attached hydrogen (secondary N) is 1. The lowest BCUT2D eigenvalue weighted by Gasteiger charge is -2.35. The van der Waals surface area contributed by atoms with Crippen molar-refractivity contribution in [1.29, 1.82) is 0 Å². The molecule has 0 aliphatic carbocycles. The van der Waals surface area contributed by atoms with Crippen LogP contribution in [0, 0.1) is 0 Å². The standard InChI is InChI=1S/C16H18Cl2N4O/c17-13-3-1-12(2-4-13)15(22-5-7-23-8-6-22)10-20-16-14(18)9-19-11-21-16/h1-4,9,11,15H,5-8,10H2,(H,19,20,21). The zero-order chi connectivity index (χ0) is 16.1. The molecule has 23 heavy (non-hydrogen) atoms. The molecule has 1 aromatic heterocycles. The van der Waals surface area contributed by atoms with Crippen LogP contribution in [-0.4, -0.2) is 47.7 Å². The third-order valence-electron chi connectivity index (χ3n) is 3.87. The summed E-state index contributed by atoms with van der Waals surface area (Å²) in [5.74, 6) is 0.647. The fourth-order valence-corrected chi connectivity index (χ4v) is 2.97. The van der Waals surface area contributed by atoms with Crippen LogP contribution in [-0.2, 0) is 4.74 Å². The first kappa shape index (κ1) is 16.5. The number of nitrogens with zero attached hydrogens (tertiary/aromatic N) is 3. The average Bonchev–Trinajstić information content (AvgIpc) is 2.59. The van der Waals surface area contributed by atoms with Crippen molar-refractivity contribution in [2.45, 2.75) is 6.04 Å². The first-order valence-corrected chi connectivity index (χ1v) is 8.26. The van der Waals surface area contributed by atoms with E-state index in [1.165, 1.54) is 11.9 Å². The van der Waals surface area contributed by atoms with Crippen molar-refractivity contribution >= 4 is 29.0 Å². The quantitative estimate of drug-likeness (QED) is 0.894. The summed E-state index contributed by atoms with van der Waals surface area (Å²) in [5.41, 5.74) is 1.20. The largest absolute Gasteiger partial charge is 0.379 e. The number of hydrogen-bond donors (Lipinski definition) is 1. The van der Waals surface area contributed by atoms with Crippen molar-refractivity contribution in [3.05, 3.63) is 52.4 Å². The summed E-state index contributed by atoms with van der Waals surface area (Å²) in [7, 11) is 0. The van der Waals surface area contributed by atoms with E-state index < -0.39 is 0 Å². The molecule has 0 spiro atoms. The molecule has 1 saturated heterocycles. The number of ether oxygens (including phenoxy) is 1. The van der Waals surface area contributed by atoms with Crippen molar-refractivity contribution in [2.75, 3.05) is 38.2 Å². The van der Waals surface area contributed by atoms with Gasteiger partial charge in [-0.3, -0.25) is 4.90 Å². The number of anilines is 1. The van der Waals surface area contributed by atoms with Crippen molar-refractivity contribution in [3.8, 4) is 0 Å². The lowest BCUT2D eigenvalue weighted by molar-refractivity contribution is 0.0187. The minimum Gasteiger partial charge on any atom is -0.379 e. The zero-order valence-electron chi connectivity index (χ0n) is 12.6. The van der Waals surface area contributed by atoms with Gasteiger partial charge in [0.2, 0.25) is 0 Å². The molecule has 0 bridgehead atoms. The maximum atomic E-state index is 6.12. The van der Waals surface area contributed by atoms with Gasteiger partial charge < -0.3 is 10.1 Å². The number of morpholine rings is 1. The topological polar surface area (TPSA) is 50.3 Å². The summed E-state index contributed by atoms with van der Waals surface area (Å²) < 4.78 is 5.46. The van der Waals surface area contributed by atoms with Gasteiger partial charge in [0.25, 0.3) is 0 Å². The predicted octanol–water partition coefficient (Wildman–Crippen LogP) is 3.27. The van der Waals surface area contributed by atoms with Crippen molar-refractivity contribution in [3.63, 3.8) is 0 Å². The molecule has 2 aromatic rings. The first-order chi connectivity index (χ1) is 11.2. The fourth-order valence-electron chi connectivity index (χ4n) is 2.67. The van der Waals surface area contributed by atoms with Gasteiger partial charge in [-0.15, -0.1) is 0 Å². The van der Waals surface area contributed by atoms with E-state index in [-0.39, 0.29) is 6.04 Å². The lowest BCUT2D eigenvalue weighted by Crippen LogP contribution is -2.41. The molecule has 5 nitrogen and oxygen atoms in total. The van der Waals surface area contributed by atoms with Crippen LogP contribution < -0.4 is 5.32 Å². The number of rotatable bonds is 5. The molecule has 1 aliphatic rings. The normalized spacial score (nSPS) is 17.0. The van der Waals surface area contributed by atoms with Crippen LogP contribution in [0.1, 0.15) is 11.6 Å². The van der Waals surface area contributed by atoms with Crippen LogP contribution in [0.15, 0.2) is 36.8 Å². The molecule has 2 heterocycles. The summed E-state index contributed by atoms with van der Waals surface area (Å²) in [4.78, 5) is 10.5. The molecule has 1 aromatic carbocycles. The van der Waals surface area contributed by atoms with E-state index in [1.54, 1.807) is 6.20 Å². The molecule has 122 valence electrons. The smallest absolute Gasteiger partial charge is 0.148 e. The van der Waals surface area contributed by atoms with Crippen LogP contribution in [0.3, 0.4) is 0 Å². The monoisotopic (exact) mass is 352 g/mol. The highest BCUT2D eigenvalue weighted by Crippen LogP contribution is 2.25. The highest BCUT2D eigenvalue weighted by molar-refractivity contribution is 6.32. The van der Waals surface area contributed by atoms with Gasteiger partial charge in [-0.05, 0) is 17.7 Å². The maximum Gasteiger partial charge on any atom is 0.148 e. The molecular weight excluding hydrogens is 335 g/mol. The molecule has 0 radical (unpaired) electrons. The van der Waals surface area contributed by atoms with Crippen LogP contribution >= 0.6 is 23.2 Å². The number of aromatic nitrogens is 2. The second-order valence-electron chi connectivity index (χ2n) is 5.32. The van der Waals surface area contributed by atoms with E-state index in [0.717, 1.165) is 31.3 Å². The Morgan fingerprint density at radius 2 is 1.91 bits per heavy atom. The summed E-state index contributed by atoms with van der Waals surface area (Å²) in [6.45, 7) is 3.98. The zero-order valence-corrected chi connectivity index (χ0v) is 14.1. The molecular formula is C16H18Cl2N4O. The van der Waals surface area contributed by atoms with Crippen LogP contribution in [0.25, 0.3) is 0 Å². The Morgan fingerprint density at radius 3 is 2.61 bits per heavy atom. The van der Waals surface area contributed by atoms with E-state index in [4.69, 9.17) is 27.9 Å². The van der Waals surface area contributed by atoms with E-state index >= 15 is 0 Å². The third kappa shape index (κ3) is 4.32. The van der Waals surface area contributed by atoms with Crippen molar-refractivity contribution in [1.82, 2.24) is 14.9 Å². The third-order valence-corrected chi connectivity index (χ3v) is 4.40. The Kier molecular flexibility index (Phi) is 5.67. The Labute approximate surface area is 145 Å². The number of halogens is 2. The Hall–Kier alpha value is -1.40. The molecule has 1 atom stereocenters. The summed E-state index contributed by atoms with van der Waals surface area (Å²) in [6, 6.07) is 8.16. The van der Waals surface area contributed by atoms with Gasteiger partial charge >= 0.3 is 0 Å². The van der Waals surface area contributed by atoms with Gasteiger partial charge in [0.15, 0.2) is 0 Å². The highest BCUT2D eigenvalue weighted by Gasteiger charge is 2.22. The van der Waals surface area contributed by atoms with Crippen LogP contribution in [0.2, 0.25) is 10.0 Å². The highest BCUT2D eigenvalue weighted by atomic mass is 35.5. The van der Waals surface area contributed by atoms with Gasteiger partial charge in [-0.25, -0.2) is 9.97 Å². The van der Waals surface area contributed by atoms with E-state index in [0.29, 0.717) is 17.4 Å². The van der Waals surface area contributed by atoms with Gasteiger partial charge in [0.1, 0.15) is 17.2 Å². The van der Waals surface area contributed by atoms with E-state index in [1.807, 2.05) is 12.1 Å². The summed E-state index contributed by atoms with van der Waals surface area (Å²) in [5, 5.41) is 4.58. The molecule has 1 N–H and O–H groups in total. The second kappa shape index (κ2) is 7.93. The summed E-state index contributed by atoms with van der Waals surface area (Å²) in [6.07, 6.45) is 3.07. The Morgan fingerprint density at radius 1 is 1.17 bits per heavy atom. The van der Waals surface area contributed by atoms with Gasteiger partial charge in [-0.1, -0.05) is 35.3 Å². The molecule has 7 heteroatoms. The van der Waals surface area contributed by atoms with Crippen LogP contribution in [0.4, 0.5) is 5.82 Å². The fraction of sp³-hybridized carbons (Fsp3) is 0.375. The molecule has 0 amide bonds. The minimum atomic E-state index is 0.196. The molecule has 3 rings (SSSR count). The van der Waals surface area contributed by atoms with Gasteiger partial charge in [0.05, 0.1) is 25.5 Å². The second-order valence-corrected chi connectivity index (χ2v) is 6.16. The van der Waals surface area contributed by atoms with Crippen LogP contribution in [0.5, 0.6) is 0 Å². The van der Waals surface area contributed by atoms with Gasteiger partial charge in [0, 0.05) is 24.7 Å². The number of hydrogen-bond acceptors (Lipinski definition) is 5. The van der Waals surface area contributed by atoms with E-state index in [2.05, 4.69) is 32.3 Å². The van der Waals surface area contributed by atoms with Gasteiger partial charge in [-0.2, -0.15) is 0 Å². The molecule has 1 unspecified atom stereocenters. The summed E-state index contributed by atoms with van der Waals surface area (Å²) >= 11 is 12.1. The molecule has 1 fully saturated rings. The SMILES string of the molecule is Clc1ccc(C(CNc2ncncc2Cl)N2CCOCC2)cc1. The average molecular weight is 353 g/mol. The molecule has 0 saturated carbocycles. The number of benzene rings is 1. The first-order valence-electron chi connectivity index (χ1n) is 7.50. The minimum absolute atomic E-state index is 0.196.